The molecule has 132 valence electrons. The third-order valence-corrected chi connectivity index (χ3v) is 4.57. The van der Waals surface area contributed by atoms with Gasteiger partial charge in [-0.3, -0.25) is 9.59 Å². The summed E-state index contributed by atoms with van der Waals surface area (Å²) in [4.78, 5) is 24.9. The monoisotopic (exact) mass is 333 g/mol. The maximum Gasteiger partial charge on any atom is 0.303 e. The number of piperidine rings is 1. The van der Waals surface area contributed by atoms with Crippen molar-refractivity contribution in [2.24, 2.45) is 5.92 Å². The molecule has 1 aliphatic rings. The summed E-state index contributed by atoms with van der Waals surface area (Å²) in [7, 11) is 0. The number of aliphatic carboxylic acids is 1. The SMILES string of the molecule is Cc1ccc(C(C)C)c(OCC(=O)N2CCC(CC(=O)O)CC2)c1. The van der Waals surface area contributed by atoms with Gasteiger partial charge in [0.2, 0.25) is 0 Å². The van der Waals surface area contributed by atoms with E-state index in [9.17, 15) is 9.59 Å². The van der Waals surface area contributed by atoms with Gasteiger partial charge in [-0.1, -0.05) is 26.0 Å². The van der Waals surface area contributed by atoms with Crippen LogP contribution < -0.4 is 4.74 Å². The van der Waals surface area contributed by atoms with Crippen molar-refractivity contribution >= 4 is 11.9 Å². The Bertz CT molecular complexity index is 589. The lowest BCUT2D eigenvalue weighted by atomic mass is 9.93. The first kappa shape index (κ1) is 18.3. The number of nitrogens with zero attached hydrogens (tertiary/aromatic N) is 1. The maximum atomic E-state index is 12.4. The molecule has 0 saturated carbocycles. The van der Waals surface area contributed by atoms with Gasteiger partial charge in [0.05, 0.1) is 0 Å². The molecule has 1 N–H and O–H groups in total. The fourth-order valence-electron chi connectivity index (χ4n) is 3.11. The van der Waals surface area contributed by atoms with Crippen molar-refractivity contribution in [3.63, 3.8) is 0 Å². The van der Waals surface area contributed by atoms with Gasteiger partial charge in [0.1, 0.15) is 5.75 Å². The van der Waals surface area contributed by atoms with Gasteiger partial charge in [0, 0.05) is 19.5 Å². The highest BCUT2D eigenvalue weighted by atomic mass is 16.5. The predicted molar refractivity (Wildman–Crippen MR) is 92.3 cm³/mol. The standard InChI is InChI=1S/C19H27NO4/c1-13(2)16-5-4-14(3)10-17(16)24-12-18(21)20-8-6-15(7-9-20)11-19(22)23/h4-5,10,13,15H,6-9,11-12H2,1-3H3,(H,22,23). The first-order valence-electron chi connectivity index (χ1n) is 8.59. The molecule has 5 heteroatoms. The van der Waals surface area contributed by atoms with Gasteiger partial charge in [0.25, 0.3) is 5.91 Å². The quantitative estimate of drug-likeness (QED) is 0.868. The molecule has 1 aromatic carbocycles. The molecule has 0 atom stereocenters. The van der Waals surface area contributed by atoms with E-state index in [0.717, 1.165) is 29.7 Å². The number of carboxylic acid groups (broad SMARTS) is 1. The predicted octanol–water partition coefficient (Wildman–Crippen LogP) is 3.21. The van der Waals surface area contributed by atoms with Crippen LogP contribution in [-0.2, 0) is 9.59 Å². The van der Waals surface area contributed by atoms with Crippen LogP contribution in [0, 0.1) is 12.8 Å². The van der Waals surface area contributed by atoms with E-state index in [1.165, 1.54) is 0 Å². The number of hydrogen-bond donors (Lipinski definition) is 1. The Labute approximate surface area is 143 Å². The molecule has 1 fully saturated rings. The van der Waals surface area contributed by atoms with E-state index in [-0.39, 0.29) is 24.9 Å². The van der Waals surface area contributed by atoms with E-state index in [4.69, 9.17) is 9.84 Å². The maximum absolute atomic E-state index is 12.4. The van der Waals surface area contributed by atoms with Crippen molar-refractivity contribution < 1.29 is 19.4 Å². The highest BCUT2D eigenvalue weighted by molar-refractivity contribution is 5.78. The average molecular weight is 333 g/mol. The van der Waals surface area contributed by atoms with E-state index in [2.05, 4.69) is 26.0 Å². The number of carboxylic acids is 1. The third-order valence-electron chi connectivity index (χ3n) is 4.57. The lowest BCUT2D eigenvalue weighted by molar-refractivity contribution is -0.139. The highest BCUT2D eigenvalue weighted by Crippen LogP contribution is 2.27. The Kier molecular flexibility index (Phi) is 6.23. The van der Waals surface area contributed by atoms with Crippen LogP contribution in [0.4, 0.5) is 0 Å². The number of benzene rings is 1. The van der Waals surface area contributed by atoms with E-state index in [1.54, 1.807) is 4.90 Å². The molecule has 0 aliphatic carbocycles. The zero-order chi connectivity index (χ0) is 17.7. The molecule has 5 nitrogen and oxygen atoms in total. The third kappa shape index (κ3) is 4.98. The molecular weight excluding hydrogens is 306 g/mol. The lowest BCUT2D eigenvalue weighted by Gasteiger charge is -2.31. The molecule has 1 heterocycles. The van der Waals surface area contributed by atoms with Gasteiger partial charge in [-0.15, -0.1) is 0 Å². The molecule has 0 bridgehead atoms. The molecule has 0 spiro atoms. The molecule has 0 radical (unpaired) electrons. The molecule has 1 amide bonds. The van der Waals surface area contributed by atoms with Gasteiger partial charge in [0.15, 0.2) is 6.61 Å². The first-order chi connectivity index (χ1) is 11.4. The number of carbonyl (C=O) groups is 2. The summed E-state index contributed by atoms with van der Waals surface area (Å²) >= 11 is 0. The van der Waals surface area contributed by atoms with Crippen LogP contribution in [0.5, 0.6) is 5.75 Å². The first-order valence-corrected chi connectivity index (χ1v) is 8.59. The van der Waals surface area contributed by atoms with E-state index >= 15 is 0 Å². The molecule has 1 aliphatic heterocycles. The van der Waals surface area contributed by atoms with Gasteiger partial charge in [-0.05, 0) is 48.8 Å². The van der Waals surface area contributed by atoms with E-state index in [1.807, 2.05) is 13.0 Å². The Hall–Kier alpha value is -2.04. The minimum Gasteiger partial charge on any atom is -0.483 e. The number of carbonyl (C=O) groups excluding carboxylic acids is 1. The van der Waals surface area contributed by atoms with Crippen LogP contribution in [-0.4, -0.2) is 41.6 Å². The van der Waals surface area contributed by atoms with Crippen molar-refractivity contribution in [3.05, 3.63) is 29.3 Å². The molecule has 0 aromatic heterocycles. The molecule has 24 heavy (non-hydrogen) atoms. The topological polar surface area (TPSA) is 66.8 Å². The zero-order valence-corrected chi connectivity index (χ0v) is 14.7. The van der Waals surface area contributed by atoms with Crippen LogP contribution in [0.25, 0.3) is 0 Å². The number of aryl methyl sites for hydroxylation is 1. The van der Waals surface area contributed by atoms with Crippen LogP contribution in [0.2, 0.25) is 0 Å². The Morgan fingerprint density at radius 3 is 2.54 bits per heavy atom. The number of ether oxygens (including phenoxy) is 1. The molecular formula is C19H27NO4. The second-order valence-electron chi connectivity index (χ2n) is 6.91. The van der Waals surface area contributed by atoms with Gasteiger partial charge < -0.3 is 14.7 Å². The summed E-state index contributed by atoms with van der Waals surface area (Å²) < 4.78 is 5.80. The highest BCUT2D eigenvalue weighted by Gasteiger charge is 2.24. The second-order valence-corrected chi connectivity index (χ2v) is 6.91. The van der Waals surface area contributed by atoms with Crippen LogP contribution >= 0.6 is 0 Å². The molecule has 1 aromatic rings. The van der Waals surface area contributed by atoms with Gasteiger partial charge >= 0.3 is 5.97 Å². The normalized spacial score (nSPS) is 15.6. The Balaban J connectivity index is 1.88. The average Bonchev–Trinajstić information content (AvgIpc) is 2.52. The van der Waals surface area contributed by atoms with E-state index < -0.39 is 5.97 Å². The summed E-state index contributed by atoms with van der Waals surface area (Å²) in [6.07, 6.45) is 1.69. The summed E-state index contributed by atoms with van der Waals surface area (Å²) in [5.41, 5.74) is 2.21. The van der Waals surface area contributed by atoms with Crippen molar-refractivity contribution in [1.82, 2.24) is 4.90 Å². The Morgan fingerprint density at radius 2 is 1.96 bits per heavy atom. The molecule has 0 unspecified atom stereocenters. The molecule has 1 saturated heterocycles. The van der Waals surface area contributed by atoms with Crippen molar-refractivity contribution in [1.29, 1.82) is 0 Å². The molecule has 2 rings (SSSR count). The minimum absolute atomic E-state index is 0.0278. The largest absolute Gasteiger partial charge is 0.483 e. The fraction of sp³-hybridized carbons (Fsp3) is 0.579. The lowest BCUT2D eigenvalue weighted by Crippen LogP contribution is -2.41. The van der Waals surface area contributed by atoms with Crippen LogP contribution in [0.1, 0.15) is 50.2 Å². The second kappa shape index (κ2) is 8.18. The number of amides is 1. The van der Waals surface area contributed by atoms with Gasteiger partial charge in [-0.2, -0.15) is 0 Å². The summed E-state index contributed by atoms with van der Waals surface area (Å²) in [6.45, 7) is 7.48. The van der Waals surface area contributed by atoms with Crippen molar-refractivity contribution in [3.8, 4) is 5.75 Å². The Morgan fingerprint density at radius 1 is 1.29 bits per heavy atom. The smallest absolute Gasteiger partial charge is 0.303 e. The minimum atomic E-state index is -0.760. The summed E-state index contributed by atoms with van der Waals surface area (Å²) in [5.74, 6) is 0.502. The fourth-order valence-corrected chi connectivity index (χ4v) is 3.11. The number of hydrogen-bond acceptors (Lipinski definition) is 3. The van der Waals surface area contributed by atoms with Crippen LogP contribution in [0.3, 0.4) is 0 Å². The van der Waals surface area contributed by atoms with Crippen molar-refractivity contribution in [2.45, 2.75) is 46.0 Å². The number of likely N-dealkylation sites (tertiary alicyclic amines) is 1. The zero-order valence-electron chi connectivity index (χ0n) is 14.7. The van der Waals surface area contributed by atoms with E-state index in [0.29, 0.717) is 19.0 Å². The van der Waals surface area contributed by atoms with Gasteiger partial charge in [-0.25, -0.2) is 0 Å². The number of rotatable bonds is 6. The van der Waals surface area contributed by atoms with Crippen molar-refractivity contribution in [2.75, 3.05) is 19.7 Å². The van der Waals surface area contributed by atoms with Crippen LogP contribution in [0.15, 0.2) is 18.2 Å². The summed E-state index contributed by atoms with van der Waals surface area (Å²) in [5, 5.41) is 8.84. The summed E-state index contributed by atoms with van der Waals surface area (Å²) in [6, 6.07) is 6.08.